The van der Waals surface area contributed by atoms with Gasteiger partial charge in [-0.2, -0.15) is 0 Å². The highest BCUT2D eigenvalue weighted by atomic mass is 16.3. The van der Waals surface area contributed by atoms with Crippen LogP contribution in [0.25, 0.3) is 0 Å². The van der Waals surface area contributed by atoms with Crippen LogP contribution in [0.3, 0.4) is 0 Å². The Hall–Kier alpha value is -2.36. The van der Waals surface area contributed by atoms with Crippen LogP contribution in [0.5, 0.6) is 0 Å². The number of ketones is 1. The molecule has 0 aliphatic rings. The van der Waals surface area contributed by atoms with Crippen molar-refractivity contribution in [2.24, 2.45) is 0 Å². The van der Waals surface area contributed by atoms with Gasteiger partial charge in [0.1, 0.15) is 0 Å². The molecule has 0 unspecified atom stereocenters. The van der Waals surface area contributed by atoms with Gasteiger partial charge in [-0.3, -0.25) is 9.59 Å². The molecule has 0 bridgehead atoms. The maximum atomic E-state index is 11.7. The van der Waals surface area contributed by atoms with E-state index in [0.717, 1.165) is 11.1 Å². The van der Waals surface area contributed by atoms with Gasteiger partial charge in [0, 0.05) is 19.4 Å². The molecule has 20 heavy (non-hydrogen) atoms. The monoisotopic (exact) mass is 271 g/mol. The highest BCUT2D eigenvalue weighted by Crippen LogP contribution is 2.07. The summed E-state index contributed by atoms with van der Waals surface area (Å²) in [5.74, 6) is 0.0172. The van der Waals surface area contributed by atoms with Crippen LogP contribution < -0.4 is 5.32 Å². The molecule has 0 aliphatic heterocycles. The fourth-order valence-corrected chi connectivity index (χ4v) is 1.90. The third kappa shape index (κ3) is 4.09. The highest BCUT2D eigenvalue weighted by molar-refractivity contribution is 5.95. The maximum Gasteiger partial charge on any atom is 0.220 e. The van der Waals surface area contributed by atoms with Crippen molar-refractivity contribution < 1.29 is 14.0 Å². The van der Waals surface area contributed by atoms with Crippen LogP contribution in [0, 0.1) is 6.92 Å². The molecule has 4 heteroatoms. The number of rotatable bonds is 6. The summed E-state index contributed by atoms with van der Waals surface area (Å²) in [6.45, 7) is 2.49. The Labute approximate surface area is 117 Å². The van der Waals surface area contributed by atoms with Gasteiger partial charge in [-0.15, -0.1) is 0 Å². The molecule has 0 spiro atoms. The summed E-state index contributed by atoms with van der Waals surface area (Å²) in [7, 11) is 0. The Bertz CT molecular complexity index is 588. The largest absolute Gasteiger partial charge is 0.461 e. The molecule has 1 heterocycles. The first-order valence-corrected chi connectivity index (χ1v) is 6.54. The van der Waals surface area contributed by atoms with E-state index >= 15 is 0 Å². The molecule has 1 aromatic heterocycles. The van der Waals surface area contributed by atoms with Crippen molar-refractivity contribution in [2.75, 3.05) is 0 Å². The minimum Gasteiger partial charge on any atom is -0.461 e. The lowest BCUT2D eigenvalue weighted by Gasteiger charge is -2.05. The summed E-state index contributed by atoms with van der Waals surface area (Å²) in [5, 5.41) is 2.81. The Morgan fingerprint density at radius 2 is 2.00 bits per heavy atom. The quantitative estimate of drug-likeness (QED) is 0.822. The molecule has 0 aliphatic carbocycles. The smallest absolute Gasteiger partial charge is 0.220 e. The number of Topliss-reactive ketones (excluding diaryl/α,β-unsaturated/α-hetero) is 1. The van der Waals surface area contributed by atoms with Crippen molar-refractivity contribution in [3.05, 3.63) is 59.5 Å². The Morgan fingerprint density at radius 1 is 1.15 bits per heavy atom. The number of carbonyl (C=O) groups is 2. The summed E-state index contributed by atoms with van der Waals surface area (Å²) < 4.78 is 4.99. The van der Waals surface area contributed by atoms with Gasteiger partial charge in [-0.05, 0) is 24.6 Å². The zero-order chi connectivity index (χ0) is 14.4. The van der Waals surface area contributed by atoms with E-state index < -0.39 is 0 Å². The Kier molecular flexibility index (Phi) is 4.71. The molecule has 4 nitrogen and oxygen atoms in total. The molecule has 2 rings (SSSR count). The SMILES string of the molecule is Cc1cccc(CNC(=O)CCC(=O)c2ccco2)c1. The zero-order valence-corrected chi connectivity index (χ0v) is 11.4. The van der Waals surface area contributed by atoms with Gasteiger partial charge in [0.25, 0.3) is 0 Å². The second-order valence-corrected chi connectivity index (χ2v) is 4.67. The number of nitrogens with one attached hydrogen (secondary N) is 1. The minimum atomic E-state index is -0.152. The zero-order valence-electron chi connectivity index (χ0n) is 11.4. The molecule has 0 atom stereocenters. The third-order valence-corrected chi connectivity index (χ3v) is 2.95. The Balaban J connectivity index is 1.74. The summed E-state index contributed by atoms with van der Waals surface area (Å²) >= 11 is 0. The van der Waals surface area contributed by atoms with Gasteiger partial charge in [0.2, 0.25) is 5.91 Å². The lowest BCUT2D eigenvalue weighted by molar-refractivity contribution is -0.121. The lowest BCUT2D eigenvalue weighted by Crippen LogP contribution is -2.23. The normalized spacial score (nSPS) is 10.2. The molecular weight excluding hydrogens is 254 g/mol. The Morgan fingerprint density at radius 3 is 2.70 bits per heavy atom. The molecule has 0 saturated heterocycles. The van der Waals surface area contributed by atoms with E-state index in [4.69, 9.17) is 4.42 Å². The van der Waals surface area contributed by atoms with E-state index in [0.29, 0.717) is 12.3 Å². The second-order valence-electron chi connectivity index (χ2n) is 4.67. The number of benzene rings is 1. The third-order valence-electron chi connectivity index (χ3n) is 2.95. The van der Waals surface area contributed by atoms with Gasteiger partial charge < -0.3 is 9.73 Å². The summed E-state index contributed by atoms with van der Waals surface area (Å²) in [6.07, 6.45) is 1.78. The van der Waals surface area contributed by atoms with Crippen molar-refractivity contribution >= 4 is 11.7 Å². The second kappa shape index (κ2) is 6.70. The molecule has 104 valence electrons. The summed E-state index contributed by atoms with van der Waals surface area (Å²) in [6, 6.07) is 11.2. The lowest BCUT2D eigenvalue weighted by atomic mass is 10.1. The standard InChI is InChI=1S/C16H17NO3/c1-12-4-2-5-13(10-12)11-17-16(19)8-7-14(18)15-6-3-9-20-15/h2-6,9-10H,7-8,11H2,1H3,(H,17,19). The molecule has 1 aromatic carbocycles. The fourth-order valence-electron chi connectivity index (χ4n) is 1.90. The highest BCUT2D eigenvalue weighted by Gasteiger charge is 2.11. The minimum absolute atomic E-state index is 0.133. The van der Waals surface area contributed by atoms with Gasteiger partial charge in [-0.1, -0.05) is 29.8 Å². The average Bonchev–Trinajstić information content (AvgIpc) is 2.97. The first kappa shape index (κ1) is 14.1. The molecular formula is C16H17NO3. The topological polar surface area (TPSA) is 59.3 Å². The van der Waals surface area contributed by atoms with Crippen LogP contribution in [0.1, 0.15) is 34.5 Å². The van der Waals surface area contributed by atoms with E-state index in [1.807, 2.05) is 31.2 Å². The first-order valence-electron chi connectivity index (χ1n) is 6.54. The van der Waals surface area contributed by atoms with Crippen LogP contribution in [0.4, 0.5) is 0 Å². The molecule has 2 aromatic rings. The van der Waals surface area contributed by atoms with Gasteiger partial charge in [0.05, 0.1) is 6.26 Å². The van der Waals surface area contributed by atoms with E-state index in [-0.39, 0.29) is 24.5 Å². The number of amides is 1. The van der Waals surface area contributed by atoms with Crippen LogP contribution in [-0.4, -0.2) is 11.7 Å². The predicted molar refractivity (Wildman–Crippen MR) is 75.3 cm³/mol. The van der Waals surface area contributed by atoms with E-state index in [1.54, 1.807) is 12.1 Å². The van der Waals surface area contributed by atoms with Gasteiger partial charge >= 0.3 is 0 Å². The van der Waals surface area contributed by atoms with Crippen LogP contribution in [0.2, 0.25) is 0 Å². The molecule has 0 fully saturated rings. The van der Waals surface area contributed by atoms with Crippen LogP contribution in [-0.2, 0) is 11.3 Å². The predicted octanol–water partition coefficient (Wildman–Crippen LogP) is 2.87. The van der Waals surface area contributed by atoms with Crippen molar-refractivity contribution in [2.45, 2.75) is 26.3 Å². The molecule has 0 saturated carbocycles. The molecule has 1 N–H and O–H groups in total. The average molecular weight is 271 g/mol. The number of hydrogen-bond acceptors (Lipinski definition) is 3. The van der Waals surface area contributed by atoms with E-state index in [2.05, 4.69) is 5.32 Å². The van der Waals surface area contributed by atoms with Gasteiger partial charge in [0.15, 0.2) is 11.5 Å². The molecule has 0 radical (unpaired) electrons. The van der Waals surface area contributed by atoms with E-state index in [9.17, 15) is 9.59 Å². The first-order chi connectivity index (χ1) is 9.65. The summed E-state index contributed by atoms with van der Waals surface area (Å²) in [4.78, 5) is 23.3. The maximum absolute atomic E-state index is 11.7. The number of hydrogen-bond donors (Lipinski definition) is 1. The van der Waals surface area contributed by atoms with Crippen molar-refractivity contribution in [3.63, 3.8) is 0 Å². The van der Waals surface area contributed by atoms with Crippen molar-refractivity contribution in [1.82, 2.24) is 5.32 Å². The van der Waals surface area contributed by atoms with Gasteiger partial charge in [-0.25, -0.2) is 0 Å². The van der Waals surface area contributed by atoms with E-state index in [1.165, 1.54) is 6.26 Å². The summed E-state index contributed by atoms with van der Waals surface area (Å²) in [5.41, 5.74) is 2.21. The van der Waals surface area contributed by atoms with Crippen LogP contribution >= 0.6 is 0 Å². The number of aryl methyl sites for hydroxylation is 1. The van der Waals surface area contributed by atoms with Crippen LogP contribution in [0.15, 0.2) is 47.1 Å². The number of furan rings is 1. The van der Waals surface area contributed by atoms with Crippen molar-refractivity contribution in [3.8, 4) is 0 Å². The molecule has 1 amide bonds. The number of carbonyl (C=O) groups excluding carboxylic acids is 2. The fraction of sp³-hybridized carbons (Fsp3) is 0.250. The van der Waals surface area contributed by atoms with Crippen molar-refractivity contribution in [1.29, 1.82) is 0 Å².